The number of fused-ring (bicyclic) bond motifs is 4. The summed E-state index contributed by atoms with van der Waals surface area (Å²) in [7, 11) is 0. The van der Waals surface area contributed by atoms with E-state index in [4.69, 9.17) is 32.4 Å². The molecule has 0 fully saturated rings. The number of nitrogen functional groups attached to an aromatic ring is 3. The van der Waals surface area contributed by atoms with Crippen LogP contribution in [0.1, 0.15) is 39.7 Å². The zero-order valence-electron chi connectivity index (χ0n) is 24.0. The normalized spacial score (nSPS) is 19.8. The van der Waals surface area contributed by atoms with E-state index in [0.717, 1.165) is 50.8 Å². The molecule has 0 bridgehead atoms. The third kappa shape index (κ3) is 4.34. The third-order valence-corrected chi connectivity index (χ3v) is 9.03. The van der Waals surface area contributed by atoms with Gasteiger partial charge in [-0.15, -0.1) is 0 Å². The first-order valence-electron chi connectivity index (χ1n) is 14.8. The van der Waals surface area contributed by atoms with Crippen LogP contribution in [-0.4, -0.2) is 6.10 Å². The van der Waals surface area contributed by atoms with Gasteiger partial charge in [-0.05, 0) is 52.6 Å². The average Bonchev–Trinajstić information content (AvgIpc) is 3.02. The number of nitrogens with two attached hydrogens (primary N) is 4. The van der Waals surface area contributed by atoms with Crippen molar-refractivity contribution >= 4 is 17.1 Å². The molecule has 3 unspecified atom stereocenters. The Morgan fingerprint density at radius 3 is 1.64 bits per heavy atom. The molecule has 0 spiro atoms. The molecule has 0 radical (unpaired) electrons. The summed E-state index contributed by atoms with van der Waals surface area (Å²) in [6.45, 7) is 0. The second-order valence-electron chi connectivity index (χ2n) is 11.8. The monoisotopic (exact) mass is 576 g/mol. The number of anilines is 3. The number of allylic oxidation sites excluding steroid dienone is 1. The standard InChI is InChI=1S/C38H32N4O2/c39-25-9-13-29-33(17-25)43-34-18-26(40)10-14-30(34)37(29)23-5-1-21(2-6-23)22-3-7-24(8-4-22)38-31-15-11-27(41)19-35(31)44-36-20-28(42)12-16-32(36)38/h1-20,29,33,37-38H,39-42H2. The lowest BCUT2D eigenvalue weighted by Crippen LogP contribution is -2.36. The van der Waals surface area contributed by atoms with E-state index >= 15 is 0 Å². The highest BCUT2D eigenvalue weighted by Gasteiger charge is 2.38. The van der Waals surface area contributed by atoms with Crippen LogP contribution in [0.2, 0.25) is 0 Å². The predicted molar refractivity (Wildman–Crippen MR) is 177 cm³/mol. The molecule has 2 aliphatic heterocycles. The van der Waals surface area contributed by atoms with Crippen LogP contribution in [-0.2, 0) is 0 Å². The lowest BCUT2D eigenvalue weighted by molar-refractivity contribution is 0.165. The summed E-state index contributed by atoms with van der Waals surface area (Å²) in [5.74, 6) is 2.61. The second-order valence-corrected chi connectivity index (χ2v) is 11.8. The van der Waals surface area contributed by atoms with E-state index in [0.29, 0.717) is 17.1 Å². The lowest BCUT2D eigenvalue weighted by Gasteiger charge is -2.39. The van der Waals surface area contributed by atoms with E-state index < -0.39 is 0 Å². The molecule has 8 rings (SSSR count). The van der Waals surface area contributed by atoms with Gasteiger partial charge >= 0.3 is 0 Å². The number of benzene rings is 5. The van der Waals surface area contributed by atoms with Crippen molar-refractivity contribution in [3.63, 3.8) is 0 Å². The fourth-order valence-corrected chi connectivity index (χ4v) is 6.92. The Morgan fingerprint density at radius 2 is 1.05 bits per heavy atom. The summed E-state index contributed by atoms with van der Waals surface area (Å²) >= 11 is 0. The molecule has 44 heavy (non-hydrogen) atoms. The molecule has 5 aromatic rings. The molecule has 6 nitrogen and oxygen atoms in total. The summed E-state index contributed by atoms with van der Waals surface area (Å²) in [4.78, 5) is 0. The van der Waals surface area contributed by atoms with Crippen LogP contribution >= 0.6 is 0 Å². The zero-order valence-corrected chi connectivity index (χ0v) is 24.0. The molecule has 0 aromatic heterocycles. The minimum Gasteiger partial charge on any atom is -0.485 e. The van der Waals surface area contributed by atoms with Crippen molar-refractivity contribution in [1.29, 1.82) is 0 Å². The molecular weight excluding hydrogens is 544 g/mol. The fraction of sp³-hybridized carbons (Fsp3) is 0.105. The van der Waals surface area contributed by atoms with Gasteiger partial charge < -0.3 is 32.4 Å². The lowest BCUT2D eigenvalue weighted by atomic mass is 9.74. The summed E-state index contributed by atoms with van der Waals surface area (Å²) < 4.78 is 12.6. The second kappa shape index (κ2) is 9.99. The van der Waals surface area contributed by atoms with Gasteiger partial charge in [0.05, 0.1) is 0 Å². The van der Waals surface area contributed by atoms with Crippen molar-refractivity contribution in [1.82, 2.24) is 0 Å². The van der Waals surface area contributed by atoms with Crippen LogP contribution in [0, 0.1) is 5.92 Å². The first kappa shape index (κ1) is 26.0. The Morgan fingerprint density at radius 1 is 0.523 bits per heavy atom. The minimum atomic E-state index is -0.139. The fourth-order valence-electron chi connectivity index (χ4n) is 6.92. The van der Waals surface area contributed by atoms with Crippen LogP contribution in [0.15, 0.2) is 127 Å². The molecule has 3 aliphatic rings. The summed E-state index contributed by atoms with van der Waals surface area (Å²) in [6.07, 6.45) is 6.01. The van der Waals surface area contributed by atoms with E-state index in [1.807, 2.05) is 48.6 Å². The molecule has 0 saturated carbocycles. The van der Waals surface area contributed by atoms with Gasteiger partial charge in [0.15, 0.2) is 0 Å². The summed E-state index contributed by atoms with van der Waals surface area (Å²) in [5, 5.41) is 0. The smallest absolute Gasteiger partial charge is 0.133 e. The van der Waals surface area contributed by atoms with Gasteiger partial charge in [0.1, 0.15) is 23.4 Å². The van der Waals surface area contributed by atoms with Gasteiger partial charge in [-0.2, -0.15) is 0 Å². The van der Waals surface area contributed by atoms with E-state index in [2.05, 4.69) is 72.8 Å². The number of hydrogen-bond acceptors (Lipinski definition) is 6. The van der Waals surface area contributed by atoms with Crippen molar-refractivity contribution in [2.45, 2.75) is 17.9 Å². The minimum absolute atomic E-state index is 0.00795. The van der Waals surface area contributed by atoms with Gasteiger partial charge in [0, 0.05) is 75.4 Å². The maximum Gasteiger partial charge on any atom is 0.133 e. The quantitative estimate of drug-likeness (QED) is 0.164. The van der Waals surface area contributed by atoms with Crippen LogP contribution in [0.3, 0.4) is 0 Å². The van der Waals surface area contributed by atoms with Gasteiger partial charge in [0.2, 0.25) is 0 Å². The predicted octanol–water partition coefficient (Wildman–Crippen LogP) is 7.31. The van der Waals surface area contributed by atoms with Crippen molar-refractivity contribution in [2.24, 2.45) is 11.7 Å². The topological polar surface area (TPSA) is 123 Å². The summed E-state index contributed by atoms with van der Waals surface area (Å²) in [5.41, 5.74) is 35.2. The molecule has 1 aliphatic carbocycles. The maximum absolute atomic E-state index is 6.34. The molecule has 2 heterocycles. The van der Waals surface area contributed by atoms with Crippen LogP contribution < -0.4 is 32.4 Å². The maximum atomic E-state index is 6.34. The molecule has 0 saturated heterocycles. The van der Waals surface area contributed by atoms with Crippen LogP contribution in [0.25, 0.3) is 11.1 Å². The molecule has 0 amide bonds. The summed E-state index contributed by atoms with van der Waals surface area (Å²) in [6, 6.07) is 35.3. The van der Waals surface area contributed by atoms with Crippen molar-refractivity contribution in [3.8, 4) is 28.4 Å². The van der Waals surface area contributed by atoms with E-state index in [1.165, 1.54) is 11.1 Å². The van der Waals surface area contributed by atoms with E-state index in [1.54, 1.807) is 0 Å². The third-order valence-electron chi connectivity index (χ3n) is 9.03. The highest BCUT2D eigenvalue weighted by molar-refractivity contribution is 5.68. The van der Waals surface area contributed by atoms with Gasteiger partial charge in [0.25, 0.3) is 0 Å². The molecule has 5 aromatic carbocycles. The zero-order chi connectivity index (χ0) is 29.9. The first-order valence-corrected chi connectivity index (χ1v) is 14.8. The SMILES string of the molecule is NC1=CC2Oc3cc(N)ccc3C(c3ccc(-c4ccc(C5c6ccc(N)cc6Oc6cc(N)ccc65)cc4)cc3)C2C=C1. The Labute approximate surface area is 256 Å². The first-order chi connectivity index (χ1) is 21.4. The van der Waals surface area contributed by atoms with E-state index in [9.17, 15) is 0 Å². The van der Waals surface area contributed by atoms with Gasteiger partial charge in [-0.1, -0.05) is 72.8 Å². The molecule has 216 valence electrons. The molecule has 8 N–H and O–H groups in total. The van der Waals surface area contributed by atoms with Gasteiger partial charge in [-0.25, -0.2) is 0 Å². The molecule has 6 heteroatoms. The molecule has 3 atom stereocenters. The Balaban J connectivity index is 1.12. The average molecular weight is 577 g/mol. The Hall–Kier alpha value is -5.62. The Bertz CT molecular complexity index is 1930. The molecular formula is C38H32N4O2. The van der Waals surface area contributed by atoms with Crippen molar-refractivity contribution < 1.29 is 9.47 Å². The number of hydrogen-bond donors (Lipinski definition) is 4. The van der Waals surface area contributed by atoms with E-state index in [-0.39, 0.29) is 23.9 Å². The number of ether oxygens (including phenoxy) is 2. The van der Waals surface area contributed by atoms with Crippen LogP contribution in [0.5, 0.6) is 17.2 Å². The highest BCUT2D eigenvalue weighted by atomic mass is 16.5. The largest absolute Gasteiger partial charge is 0.485 e. The van der Waals surface area contributed by atoms with Crippen molar-refractivity contribution in [3.05, 3.63) is 155 Å². The number of rotatable bonds is 3. The van der Waals surface area contributed by atoms with Crippen LogP contribution in [0.4, 0.5) is 17.1 Å². The highest BCUT2D eigenvalue weighted by Crippen LogP contribution is 2.49. The Kier molecular flexibility index (Phi) is 5.91. The van der Waals surface area contributed by atoms with Crippen molar-refractivity contribution in [2.75, 3.05) is 17.2 Å². The van der Waals surface area contributed by atoms with Gasteiger partial charge in [-0.3, -0.25) is 0 Å².